The first kappa shape index (κ1) is 18.9. The largest absolute Gasteiger partial charge is 0.342 e. The van der Waals surface area contributed by atoms with Gasteiger partial charge in [-0.15, -0.1) is 0 Å². The van der Waals surface area contributed by atoms with Crippen LogP contribution in [0.1, 0.15) is 49.4 Å². The highest BCUT2D eigenvalue weighted by Gasteiger charge is 2.55. The zero-order valence-electron chi connectivity index (χ0n) is 16.5. The molecule has 7 heteroatoms. The first-order chi connectivity index (χ1) is 13.5. The molecule has 3 amide bonds. The fraction of sp³-hybridized carbons (Fsp3) is 0.619. The number of hydrogen-bond donors (Lipinski definition) is 0. The Morgan fingerprint density at radius 1 is 1.04 bits per heavy atom. The van der Waals surface area contributed by atoms with Crippen molar-refractivity contribution in [3.63, 3.8) is 0 Å². The van der Waals surface area contributed by atoms with E-state index in [9.17, 15) is 14.4 Å². The second kappa shape index (κ2) is 7.53. The topological polar surface area (TPSA) is 73.8 Å². The third-order valence-corrected chi connectivity index (χ3v) is 6.73. The Labute approximate surface area is 165 Å². The monoisotopic (exact) mass is 384 g/mol. The molecule has 0 spiro atoms. The summed E-state index contributed by atoms with van der Waals surface area (Å²) in [5, 5.41) is 0. The number of carbonyl (C=O) groups is 3. The first-order valence-corrected chi connectivity index (χ1v) is 10.3. The van der Waals surface area contributed by atoms with Crippen LogP contribution in [-0.2, 0) is 9.59 Å². The Balaban J connectivity index is 1.60. The molecule has 1 aromatic rings. The number of nitrogens with zero attached hydrogens (tertiary/aromatic N) is 4. The summed E-state index contributed by atoms with van der Waals surface area (Å²) in [5.74, 6) is 0.161. The van der Waals surface area contributed by atoms with E-state index >= 15 is 0 Å². The number of likely N-dealkylation sites (tertiary alicyclic amines) is 3. The van der Waals surface area contributed by atoms with Gasteiger partial charge in [0.15, 0.2) is 0 Å². The van der Waals surface area contributed by atoms with Gasteiger partial charge in [0.2, 0.25) is 11.8 Å². The summed E-state index contributed by atoms with van der Waals surface area (Å²) < 4.78 is 0. The molecule has 0 bridgehead atoms. The molecule has 4 heterocycles. The zero-order chi connectivity index (χ0) is 19.7. The van der Waals surface area contributed by atoms with Gasteiger partial charge in [-0.05, 0) is 44.2 Å². The summed E-state index contributed by atoms with van der Waals surface area (Å²) in [7, 11) is 0. The second-order valence-electron chi connectivity index (χ2n) is 8.21. The fourth-order valence-electron chi connectivity index (χ4n) is 5.23. The van der Waals surface area contributed by atoms with Crippen molar-refractivity contribution in [2.24, 2.45) is 5.41 Å². The molecule has 0 aromatic carbocycles. The summed E-state index contributed by atoms with van der Waals surface area (Å²) in [5.41, 5.74) is 0.0119. The standard InChI is InChI=1S/C21H28N4O3/c1-16(26)25-14-8-21(20(28)24-10-2-3-11-24)7-13-23(12-6-18(21)25)19(27)17-5-4-9-22-15-17/h4-5,9,15,18H,2-3,6-8,10-14H2,1H3/t18-,21+/m1/s1. The van der Waals surface area contributed by atoms with Crippen LogP contribution in [0.15, 0.2) is 24.5 Å². The highest BCUT2D eigenvalue weighted by Crippen LogP contribution is 2.45. The molecule has 0 radical (unpaired) electrons. The number of rotatable bonds is 2. The van der Waals surface area contributed by atoms with E-state index in [0.29, 0.717) is 44.5 Å². The van der Waals surface area contributed by atoms with Gasteiger partial charge in [0.05, 0.1) is 11.0 Å². The van der Waals surface area contributed by atoms with Crippen LogP contribution in [0.4, 0.5) is 0 Å². The highest BCUT2D eigenvalue weighted by atomic mass is 16.2. The third-order valence-electron chi connectivity index (χ3n) is 6.73. The van der Waals surface area contributed by atoms with E-state index in [2.05, 4.69) is 4.98 Å². The molecular formula is C21H28N4O3. The summed E-state index contributed by atoms with van der Waals surface area (Å²) >= 11 is 0. The van der Waals surface area contributed by atoms with Crippen LogP contribution < -0.4 is 0 Å². The van der Waals surface area contributed by atoms with Crippen molar-refractivity contribution in [2.75, 3.05) is 32.7 Å². The molecule has 1 aromatic heterocycles. The molecule has 0 unspecified atom stereocenters. The molecule has 4 rings (SSSR count). The summed E-state index contributed by atoms with van der Waals surface area (Å²) in [6.07, 6.45) is 7.29. The van der Waals surface area contributed by atoms with E-state index in [-0.39, 0.29) is 23.8 Å². The van der Waals surface area contributed by atoms with Gasteiger partial charge >= 0.3 is 0 Å². The number of hydrogen-bond acceptors (Lipinski definition) is 4. The third kappa shape index (κ3) is 3.16. The molecule has 0 aliphatic carbocycles. The van der Waals surface area contributed by atoms with Gasteiger partial charge < -0.3 is 14.7 Å². The van der Waals surface area contributed by atoms with Crippen LogP contribution in [0.25, 0.3) is 0 Å². The maximum absolute atomic E-state index is 13.5. The van der Waals surface area contributed by atoms with Crippen LogP contribution in [-0.4, -0.2) is 76.2 Å². The molecule has 150 valence electrons. The van der Waals surface area contributed by atoms with Crippen LogP contribution in [0.2, 0.25) is 0 Å². The van der Waals surface area contributed by atoms with Crippen molar-refractivity contribution in [1.82, 2.24) is 19.7 Å². The lowest BCUT2D eigenvalue weighted by Gasteiger charge is -2.37. The van der Waals surface area contributed by atoms with Gasteiger partial charge in [0.1, 0.15) is 0 Å². The number of pyridine rings is 1. The van der Waals surface area contributed by atoms with Crippen LogP contribution in [0.3, 0.4) is 0 Å². The Morgan fingerprint density at radius 3 is 2.46 bits per heavy atom. The van der Waals surface area contributed by atoms with E-state index in [1.54, 1.807) is 31.5 Å². The number of carbonyl (C=O) groups excluding carboxylic acids is 3. The van der Waals surface area contributed by atoms with E-state index in [1.165, 1.54) is 0 Å². The quantitative estimate of drug-likeness (QED) is 0.775. The van der Waals surface area contributed by atoms with Crippen LogP contribution in [0.5, 0.6) is 0 Å². The van der Waals surface area contributed by atoms with Gasteiger partial charge in [-0.25, -0.2) is 0 Å². The van der Waals surface area contributed by atoms with E-state index in [0.717, 1.165) is 25.9 Å². The first-order valence-electron chi connectivity index (χ1n) is 10.3. The van der Waals surface area contributed by atoms with Gasteiger partial charge in [-0.3, -0.25) is 19.4 Å². The lowest BCUT2D eigenvalue weighted by atomic mass is 9.75. The minimum Gasteiger partial charge on any atom is -0.342 e. The van der Waals surface area contributed by atoms with Crippen molar-refractivity contribution in [2.45, 2.75) is 45.1 Å². The zero-order valence-corrected chi connectivity index (χ0v) is 16.5. The fourth-order valence-corrected chi connectivity index (χ4v) is 5.23. The molecule has 0 saturated carbocycles. The second-order valence-corrected chi connectivity index (χ2v) is 8.21. The Kier molecular flexibility index (Phi) is 5.08. The SMILES string of the molecule is CC(=O)N1CC[C@@]2(C(=O)N3CCCC3)CCN(C(=O)c3cccnc3)CC[C@@H]12. The highest BCUT2D eigenvalue weighted by molar-refractivity contribution is 5.94. The number of fused-ring (bicyclic) bond motifs is 1. The molecule has 3 aliphatic rings. The summed E-state index contributed by atoms with van der Waals surface area (Å²) in [4.78, 5) is 48.4. The minimum atomic E-state index is -0.556. The van der Waals surface area contributed by atoms with Crippen LogP contribution >= 0.6 is 0 Å². The summed E-state index contributed by atoms with van der Waals surface area (Å²) in [6, 6.07) is 3.41. The van der Waals surface area contributed by atoms with Crippen molar-refractivity contribution in [1.29, 1.82) is 0 Å². The van der Waals surface area contributed by atoms with E-state index < -0.39 is 5.41 Å². The van der Waals surface area contributed by atoms with Crippen molar-refractivity contribution < 1.29 is 14.4 Å². The Hall–Kier alpha value is -2.44. The number of aromatic nitrogens is 1. The normalized spacial score (nSPS) is 27.5. The number of amides is 3. The average molecular weight is 384 g/mol. The van der Waals surface area contributed by atoms with Crippen molar-refractivity contribution >= 4 is 17.7 Å². The van der Waals surface area contributed by atoms with Gasteiger partial charge in [0.25, 0.3) is 5.91 Å². The van der Waals surface area contributed by atoms with E-state index in [4.69, 9.17) is 0 Å². The molecule has 7 nitrogen and oxygen atoms in total. The Morgan fingerprint density at radius 2 is 1.79 bits per heavy atom. The van der Waals surface area contributed by atoms with Crippen molar-refractivity contribution in [3.8, 4) is 0 Å². The lowest BCUT2D eigenvalue weighted by molar-refractivity contribution is -0.144. The van der Waals surface area contributed by atoms with Gasteiger partial charge in [-0.2, -0.15) is 0 Å². The van der Waals surface area contributed by atoms with E-state index in [1.807, 2.05) is 14.7 Å². The lowest BCUT2D eigenvalue weighted by Crippen LogP contribution is -2.51. The van der Waals surface area contributed by atoms with Crippen LogP contribution in [0, 0.1) is 5.41 Å². The van der Waals surface area contributed by atoms with Crippen molar-refractivity contribution in [3.05, 3.63) is 30.1 Å². The summed E-state index contributed by atoms with van der Waals surface area (Å²) in [6.45, 7) is 4.93. The molecule has 2 atom stereocenters. The molecule has 0 N–H and O–H groups in total. The predicted molar refractivity (Wildman–Crippen MR) is 103 cm³/mol. The molecule has 3 fully saturated rings. The van der Waals surface area contributed by atoms with Gasteiger partial charge in [0, 0.05) is 58.1 Å². The molecule has 3 aliphatic heterocycles. The maximum atomic E-state index is 13.5. The maximum Gasteiger partial charge on any atom is 0.255 e. The minimum absolute atomic E-state index is 0.0214. The molecular weight excluding hydrogens is 356 g/mol. The average Bonchev–Trinajstić information content (AvgIpc) is 3.33. The van der Waals surface area contributed by atoms with Gasteiger partial charge in [-0.1, -0.05) is 0 Å². The molecule has 3 saturated heterocycles. The molecule has 28 heavy (non-hydrogen) atoms. The Bertz CT molecular complexity index is 762. The smallest absolute Gasteiger partial charge is 0.255 e. The predicted octanol–water partition coefficient (Wildman–Crippen LogP) is 1.55.